The van der Waals surface area contributed by atoms with Crippen LogP contribution in [-0.2, 0) is 11.3 Å². The number of para-hydroxylation sites is 2. The highest BCUT2D eigenvalue weighted by Crippen LogP contribution is 2.36. The number of aromatic nitrogens is 3. The van der Waals surface area contributed by atoms with Crippen molar-refractivity contribution >= 4 is 17.1 Å². The highest BCUT2D eigenvalue weighted by Gasteiger charge is 2.31. The lowest BCUT2D eigenvalue weighted by Crippen LogP contribution is -2.42. The van der Waals surface area contributed by atoms with Crippen LogP contribution in [0.2, 0.25) is 0 Å². The Morgan fingerprint density at radius 3 is 2.38 bits per heavy atom. The number of nitrogens with zero attached hydrogens (tertiary/aromatic N) is 3. The zero-order valence-electron chi connectivity index (χ0n) is 25.7. The van der Waals surface area contributed by atoms with Gasteiger partial charge in [0.1, 0.15) is 23.6 Å². The number of benzene rings is 3. The average molecular weight is 605 g/mol. The topological polar surface area (TPSA) is 107 Å². The molecular formula is C36H36N4O5. The van der Waals surface area contributed by atoms with Gasteiger partial charge in [-0.15, -0.1) is 0 Å². The molecule has 0 aliphatic carbocycles. The van der Waals surface area contributed by atoms with E-state index < -0.39 is 16.9 Å². The van der Waals surface area contributed by atoms with Gasteiger partial charge in [0.2, 0.25) is 0 Å². The molecule has 1 fully saturated rings. The lowest BCUT2D eigenvalue weighted by atomic mass is 9.88. The Labute approximate surface area is 261 Å². The van der Waals surface area contributed by atoms with Crippen molar-refractivity contribution in [1.29, 1.82) is 0 Å². The van der Waals surface area contributed by atoms with Gasteiger partial charge in [-0.2, -0.15) is 0 Å². The molecule has 45 heavy (non-hydrogen) atoms. The summed E-state index contributed by atoms with van der Waals surface area (Å²) >= 11 is 0. The molecule has 230 valence electrons. The van der Waals surface area contributed by atoms with Crippen molar-refractivity contribution in [2.24, 2.45) is 0 Å². The first-order valence-corrected chi connectivity index (χ1v) is 15.2. The largest absolute Gasteiger partial charge is 0.488 e. The molecule has 3 aromatic carbocycles. The maximum Gasteiger partial charge on any atom is 0.410 e. The third-order valence-corrected chi connectivity index (χ3v) is 7.82. The van der Waals surface area contributed by atoms with Gasteiger partial charge in [0.05, 0.1) is 16.8 Å². The molecule has 3 heterocycles. The highest BCUT2D eigenvalue weighted by atomic mass is 16.6. The number of carbonyl (C=O) groups is 1. The Morgan fingerprint density at radius 1 is 0.956 bits per heavy atom. The van der Waals surface area contributed by atoms with Gasteiger partial charge in [0, 0.05) is 24.6 Å². The number of fused-ring (bicyclic) bond motifs is 1. The number of ether oxygens (including phenoxy) is 2. The monoisotopic (exact) mass is 604 g/mol. The molecule has 1 aliphatic heterocycles. The van der Waals surface area contributed by atoms with Gasteiger partial charge in [0.15, 0.2) is 0 Å². The molecule has 0 saturated carbocycles. The average Bonchev–Trinajstić information content (AvgIpc) is 3.03. The van der Waals surface area contributed by atoms with E-state index in [0.717, 1.165) is 28.5 Å². The van der Waals surface area contributed by atoms with Crippen molar-refractivity contribution in [3.8, 4) is 22.7 Å². The van der Waals surface area contributed by atoms with Crippen molar-refractivity contribution in [2.75, 3.05) is 13.1 Å². The first-order valence-electron chi connectivity index (χ1n) is 15.2. The second-order valence-electron chi connectivity index (χ2n) is 12.3. The zero-order valence-corrected chi connectivity index (χ0v) is 25.7. The zero-order chi connectivity index (χ0) is 31.6. The summed E-state index contributed by atoms with van der Waals surface area (Å²) in [5, 5.41) is 0.320. The quantitative estimate of drug-likeness (QED) is 0.239. The maximum atomic E-state index is 14.2. The second-order valence-corrected chi connectivity index (χ2v) is 12.3. The van der Waals surface area contributed by atoms with E-state index >= 15 is 0 Å². The first kappa shape index (κ1) is 29.9. The molecule has 0 spiro atoms. The summed E-state index contributed by atoms with van der Waals surface area (Å²) in [6, 6.07) is 28.2. The molecule has 9 nitrogen and oxygen atoms in total. The SMILES string of the molecule is CC(C)(C)OC(=O)N1CCCC(c2cc(-c3ccccc3OCc3ccccc3)nc3[nH]c(=O)n(-c4ccccc4)c(=O)c23)C1. The minimum atomic E-state index is -0.632. The number of pyridine rings is 1. The van der Waals surface area contributed by atoms with Crippen molar-refractivity contribution in [3.05, 3.63) is 123 Å². The van der Waals surface area contributed by atoms with E-state index in [4.69, 9.17) is 14.5 Å². The van der Waals surface area contributed by atoms with Crippen LogP contribution in [0.1, 0.15) is 50.7 Å². The Kier molecular flexibility index (Phi) is 8.26. The van der Waals surface area contributed by atoms with E-state index in [2.05, 4.69) is 4.98 Å². The highest BCUT2D eigenvalue weighted by molar-refractivity contribution is 5.83. The predicted octanol–water partition coefficient (Wildman–Crippen LogP) is 6.43. The van der Waals surface area contributed by atoms with Crippen LogP contribution in [0.25, 0.3) is 28.0 Å². The molecule has 2 aromatic heterocycles. The Bertz CT molecular complexity index is 1940. The number of carbonyl (C=O) groups excluding carboxylic acids is 1. The van der Waals surface area contributed by atoms with E-state index in [1.165, 1.54) is 0 Å². The fourth-order valence-corrected chi connectivity index (χ4v) is 5.78. The third-order valence-electron chi connectivity index (χ3n) is 7.82. The van der Waals surface area contributed by atoms with Crippen LogP contribution in [0.5, 0.6) is 5.75 Å². The van der Waals surface area contributed by atoms with Crippen molar-refractivity contribution in [1.82, 2.24) is 19.4 Å². The molecule has 0 radical (unpaired) electrons. The minimum absolute atomic E-state index is 0.192. The first-order chi connectivity index (χ1) is 21.7. The molecule has 1 atom stereocenters. The second kappa shape index (κ2) is 12.4. The van der Waals surface area contributed by atoms with Crippen LogP contribution < -0.4 is 16.0 Å². The lowest BCUT2D eigenvalue weighted by Gasteiger charge is -2.34. The number of amides is 1. The van der Waals surface area contributed by atoms with Crippen molar-refractivity contribution < 1.29 is 14.3 Å². The number of piperidine rings is 1. The maximum absolute atomic E-state index is 14.2. The molecule has 1 aliphatic rings. The fraction of sp³-hybridized carbons (Fsp3) is 0.278. The van der Waals surface area contributed by atoms with Gasteiger partial charge < -0.3 is 14.4 Å². The van der Waals surface area contributed by atoms with Crippen molar-refractivity contribution in [3.63, 3.8) is 0 Å². The van der Waals surface area contributed by atoms with Gasteiger partial charge in [-0.25, -0.2) is 19.1 Å². The van der Waals surface area contributed by atoms with Crippen LogP contribution in [-0.4, -0.2) is 44.2 Å². The molecule has 0 bridgehead atoms. The number of aromatic amines is 1. The predicted molar refractivity (Wildman–Crippen MR) is 174 cm³/mol. The van der Waals surface area contributed by atoms with E-state index in [0.29, 0.717) is 47.8 Å². The van der Waals surface area contributed by atoms with E-state index in [1.807, 2.05) is 87.5 Å². The molecular weight excluding hydrogens is 568 g/mol. The smallest absolute Gasteiger partial charge is 0.410 e. The third kappa shape index (κ3) is 6.52. The summed E-state index contributed by atoms with van der Waals surface area (Å²) in [5.41, 5.74) is 2.00. The van der Waals surface area contributed by atoms with E-state index in [9.17, 15) is 14.4 Å². The normalized spacial score (nSPS) is 15.2. The summed E-state index contributed by atoms with van der Waals surface area (Å²) in [6.45, 7) is 6.81. The van der Waals surface area contributed by atoms with Crippen LogP contribution in [0.15, 0.2) is 101 Å². The lowest BCUT2D eigenvalue weighted by molar-refractivity contribution is 0.0198. The Hall–Kier alpha value is -5.18. The molecule has 6 rings (SSSR count). The Morgan fingerprint density at radius 2 is 1.64 bits per heavy atom. The number of hydrogen-bond donors (Lipinski definition) is 1. The molecule has 9 heteroatoms. The van der Waals surface area contributed by atoms with Crippen LogP contribution in [0, 0.1) is 0 Å². The van der Waals surface area contributed by atoms with Crippen LogP contribution >= 0.6 is 0 Å². The molecule has 1 N–H and O–H groups in total. The van der Waals surface area contributed by atoms with Crippen LogP contribution in [0.3, 0.4) is 0 Å². The number of likely N-dealkylation sites (tertiary alicyclic amines) is 1. The van der Waals surface area contributed by atoms with Gasteiger partial charge in [-0.1, -0.05) is 60.7 Å². The summed E-state index contributed by atoms with van der Waals surface area (Å²) in [5.74, 6) is 0.425. The number of rotatable bonds is 6. The summed E-state index contributed by atoms with van der Waals surface area (Å²) in [6.07, 6.45) is 1.09. The minimum Gasteiger partial charge on any atom is -0.488 e. The van der Waals surface area contributed by atoms with Crippen LogP contribution in [0.4, 0.5) is 4.79 Å². The number of hydrogen-bond acceptors (Lipinski definition) is 6. The summed E-state index contributed by atoms with van der Waals surface area (Å²) in [4.78, 5) is 50.0. The standard InChI is InChI=1S/C36H36N4O5/c1-36(2,3)45-35(43)39-20-12-15-25(22-39)28-21-29(27-18-10-11-19-30(27)44-23-24-13-6-4-7-14-24)37-32-31(28)33(41)40(34(42)38-32)26-16-8-5-9-17-26/h4-11,13-14,16-19,21,25H,12,15,20,22-23H2,1-3H3,(H,37,38,42). The number of H-pyrrole nitrogens is 1. The molecule has 1 amide bonds. The van der Waals surface area contributed by atoms with Gasteiger partial charge >= 0.3 is 11.8 Å². The Balaban J connectivity index is 1.49. The van der Waals surface area contributed by atoms with Gasteiger partial charge in [0.25, 0.3) is 5.56 Å². The fourth-order valence-electron chi connectivity index (χ4n) is 5.78. The van der Waals surface area contributed by atoms with Gasteiger partial charge in [-0.3, -0.25) is 9.78 Å². The molecule has 1 saturated heterocycles. The molecule has 5 aromatic rings. The van der Waals surface area contributed by atoms with Crippen molar-refractivity contribution in [2.45, 2.75) is 51.7 Å². The summed E-state index contributed by atoms with van der Waals surface area (Å²) in [7, 11) is 0. The number of nitrogens with one attached hydrogen (secondary N) is 1. The van der Waals surface area contributed by atoms with E-state index in [-0.39, 0.29) is 17.7 Å². The molecule has 1 unspecified atom stereocenters. The van der Waals surface area contributed by atoms with Gasteiger partial charge in [-0.05, 0) is 75.1 Å². The summed E-state index contributed by atoms with van der Waals surface area (Å²) < 4.78 is 13.1. The van der Waals surface area contributed by atoms with E-state index in [1.54, 1.807) is 29.2 Å².